The Labute approximate surface area is 73.6 Å². The summed E-state index contributed by atoms with van der Waals surface area (Å²) in [6.07, 6.45) is 4.38. The Balaban J connectivity index is 2.25. The third kappa shape index (κ3) is 3.01. The normalized spacial score (nSPS) is 32.2. The van der Waals surface area contributed by atoms with Crippen LogP contribution in [-0.2, 0) is 9.78 Å². The van der Waals surface area contributed by atoms with Crippen LogP contribution in [0.1, 0.15) is 32.6 Å². The quantitative estimate of drug-likeness (QED) is 0.525. The first-order valence-electron chi connectivity index (χ1n) is 4.18. The number of hydrogen-bond donors (Lipinski definition) is 1. The predicted octanol–water partition coefficient (Wildman–Crippen LogP) is 2.20. The van der Waals surface area contributed by atoms with Gasteiger partial charge in [0, 0.05) is 0 Å². The van der Waals surface area contributed by atoms with Crippen LogP contribution in [0.5, 0.6) is 0 Å². The summed E-state index contributed by atoms with van der Waals surface area (Å²) in [4.78, 5) is 10.2. The van der Waals surface area contributed by atoms with Crippen LogP contribution >= 0.6 is 12.6 Å². The Morgan fingerprint density at radius 3 is 2.91 bits per heavy atom. The summed E-state index contributed by atoms with van der Waals surface area (Å²) in [5, 5.41) is 0. The molecule has 1 fully saturated rings. The predicted molar refractivity (Wildman–Crippen MR) is 47.8 cm³/mol. The maximum atomic E-state index is 5.23. The van der Waals surface area contributed by atoms with E-state index in [-0.39, 0.29) is 5.60 Å². The second kappa shape index (κ2) is 4.33. The molecule has 0 saturated carbocycles. The van der Waals surface area contributed by atoms with E-state index in [1.807, 2.05) is 0 Å². The molecule has 0 N–H and O–H groups in total. The molecule has 1 saturated heterocycles. The van der Waals surface area contributed by atoms with Crippen LogP contribution in [0.15, 0.2) is 0 Å². The van der Waals surface area contributed by atoms with Crippen molar-refractivity contribution in [3.63, 3.8) is 0 Å². The number of rotatable bonds is 3. The maximum absolute atomic E-state index is 5.23. The largest absolute Gasteiger partial charge is 0.236 e. The fourth-order valence-corrected chi connectivity index (χ4v) is 1.51. The van der Waals surface area contributed by atoms with Gasteiger partial charge in [0.05, 0.1) is 6.61 Å². The van der Waals surface area contributed by atoms with Gasteiger partial charge in [-0.2, -0.15) is 12.6 Å². The summed E-state index contributed by atoms with van der Waals surface area (Å²) in [5.41, 5.74) is -0.0407. The van der Waals surface area contributed by atoms with E-state index in [1.165, 1.54) is 0 Å². The van der Waals surface area contributed by atoms with Gasteiger partial charge in [-0.25, -0.2) is 9.78 Å². The summed E-state index contributed by atoms with van der Waals surface area (Å²) >= 11 is 4.16. The van der Waals surface area contributed by atoms with Gasteiger partial charge in [0.25, 0.3) is 0 Å². The van der Waals surface area contributed by atoms with E-state index in [1.54, 1.807) is 0 Å². The van der Waals surface area contributed by atoms with Gasteiger partial charge in [-0.3, -0.25) is 0 Å². The van der Waals surface area contributed by atoms with Gasteiger partial charge >= 0.3 is 0 Å². The standard InChI is InChI=1S/C8H16O2S/c1-8(5-3-7-11)4-2-6-9-10-8/h11H,2-7H2,1H3. The molecular weight excluding hydrogens is 160 g/mol. The molecule has 1 rings (SSSR count). The van der Waals surface area contributed by atoms with Crippen molar-refractivity contribution in [2.45, 2.75) is 38.2 Å². The molecule has 0 aromatic heterocycles. The molecule has 0 amide bonds. The van der Waals surface area contributed by atoms with Gasteiger partial charge in [0.1, 0.15) is 5.60 Å². The molecule has 11 heavy (non-hydrogen) atoms. The van der Waals surface area contributed by atoms with E-state index < -0.39 is 0 Å². The van der Waals surface area contributed by atoms with Crippen molar-refractivity contribution in [2.24, 2.45) is 0 Å². The van der Waals surface area contributed by atoms with E-state index >= 15 is 0 Å². The molecule has 0 radical (unpaired) electrons. The summed E-state index contributed by atoms with van der Waals surface area (Å²) in [5.74, 6) is 0.930. The average molecular weight is 176 g/mol. The lowest BCUT2D eigenvalue weighted by atomic mass is 9.94. The fourth-order valence-electron chi connectivity index (χ4n) is 1.35. The van der Waals surface area contributed by atoms with Crippen molar-refractivity contribution in [3.05, 3.63) is 0 Å². The van der Waals surface area contributed by atoms with Crippen molar-refractivity contribution < 1.29 is 9.78 Å². The topological polar surface area (TPSA) is 18.5 Å². The van der Waals surface area contributed by atoms with Gasteiger partial charge in [-0.1, -0.05) is 0 Å². The van der Waals surface area contributed by atoms with Gasteiger partial charge < -0.3 is 0 Å². The zero-order valence-electron chi connectivity index (χ0n) is 7.01. The highest BCUT2D eigenvalue weighted by atomic mass is 32.1. The highest BCUT2D eigenvalue weighted by molar-refractivity contribution is 7.80. The highest BCUT2D eigenvalue weighted by Crippen LogP contribution is 2.27. The van der Waals surface area contributed by atoms with Gasteiger partial charge in [-0.15, -0.1) is 0 Å². The molecule has 1 heterocycles. The highest BCUT2D eigenvalue weighted by Gasteiger charge is 2.28. The van der Waals surface area contributed by atoms with Crippen molar-refractivity contribution in [1.82, 2.24) is 0 Å². The van der Waals surface area contributed by atoms with E-state index in [2.05, 4.69) is 19.6 Å². The molecule has 1 unspecified atom stereocenters. The Morgan fingerprint density at radius 2 is 2.36 bits per heavy atom. The third-order valence-electron chi connectivity index (χ3n) is 2.06. The fraction of sp³-hybridized carbons (Fsp3) is 1.00. The molecule has 3 heteroatoms. The second-order valence-corrected chi connectivity index (χ2v) is 3.73. The Hall–Kier alpha value is 0.270. The lowest BCUT2D eigenvalue weighted by Gasteiger charge is -2.31. The summed E-state index contributed by atoms with van der Waals surface area (Å²) in [6, 6.07) is 0. The molecule has 66 valence electrons. The molecule has 0 aromatic rings. The van der Waals surface area contributed by atoms with Crippen LogP contribution in [0.4, 0.5) is 0 Å². The van der Waals surface area contributed by atoms with Crippen LogP contribution in [0.2, 0.25) is 0 Å². The van der Waals surface area contributed by atoms with Crippen molar-refractivity contribution >= 4 is 12.6 Å². The van der Waals surface area contributed by atoms with Gasteiger partial charge in [0.2, 0.25) is 0 Å². The zero-order chi connectivity index (χ0) is 8.16. The van der Waals surface area contributed by atoms with Crippen molar-refractivity contribution in [3.8, 4) is 0 Å². The molecular formula is C8H16O2S. The Morgan fingerprint density at radius 1 is 1.55 bits per heavy atom. The van der Waals surface area contributed by atoms with E-state index in [0.29, 0.717) is 0 Å². The first-order chi connectivity index (χ1) is 5.27. The molecule has 1 atom stereocenters. The van der Waals surface area contributed by atoms with Crippen LogP contribution in [0, 0.1) is 0 Å². The Kier molecular flexibility index (Phi) is 3.69. The van der Waals surface area contributed by atoms with Crippen molar-refractivity contribution in [1.29, 1.82) is 0 Å². The van der Waals surface area contributed by atoms with Crippen LogP contribution in [0.3, 0.4) is 0 Å². The Bertz CT molecular complexity index is 111. The minimum Gasteiger partial charge on any atom is -0.236 e. The van der Waals surface area contributed by atoms with Gasteiger partial charge in [0.15, 0.2) is 0 Å². The lowest BCUT2D eigenvalue weighted by Crippen LogP contribution is -2.33. The van der Waals surface area contributed by atoms with E-state index in [9.17, 15) is 0 Å². The SMILES string of the molecule is CC1(CCCS)CCCOO1. The minimum atomic E-state index is -0.0407. The molecule has 2 nitrogen and oxygen atoms in total. The first-order valence-corrected chi connectivity index (χ1v) is 4.82. The summed E-state index contributed by atoms with van der Waals surface area (Å²) in [6.45, 7) is 2.85. The second-order valence-electron chi connectivity index (χ2n) is 3.29. The smallest absolute Gasteiger partial charge is 0.101 e. The van der Waals surface area contributed by atoms with Crippen LogP contribution in [0.25, 0.3) is 0 Å². The average Bonchev–Trinajstić information content (AvgIpc) is 2.03. The van der Waals surface area contributed by atoms with Crippen molar-refractivity contribution in [2.75, 3.05) is 12.4 Å². The van der Waals surface area contributed by atoms with Crippen LogP contribution in [-0.4, -0.2) is 18.0 Å². The molecule has 0 spiro atoms. The lowest BCUT2D eigenvalue weighted by molar-refractivity contribution is -0.380. The molecule has 0 aliphatic carbocycles. The molecule has 1 aliphatic heterocycles. The summed E-state index contributed by atoms with van der Waals surface area (Å²) in [7, 11) is 0. The van der Waals surface area contributed by atoms with E-state index in [4.69, 9.17) is 9.78 Å². The van der Waals surface area contributed by atoms with Gasteiger partial charge in [-0.05, 0) is 38.4 Å². The van der Waals surface area contributed by atoms with Crippen LogP contribution < -0.4 is 0 Å². The molecule has 0 aromatic carbocycles. The molecule has 0 bridgehead atoms. The number of thiol groups is 1. The zero-order valence-corrected chi connectivity index (χ0v) is 7.90. The third-order valence-corrected chi connectivity index (χ3v) is 2.37. The van der Waals surface area contributed by atoms with E-state index in [0.717, 1.165) is 38.0 Å². The summed E-state index contributed by atoms with van der Waals surface area (Å²) < 4.78 is 0. The number of hydrogen-bond acceptors (Lipinski definition) is 3. The maximum Gasteiger partial charge on any atom is 0.101 e. The molecule has 1 aliphatic rings. The monoisotopic (exact) mass is 176 g/mol. The minimum absolute atomic E-state index is 0.0407. The first kappa shape index (κ1) is 9.36.